The maximum Gasteiger partial charge on any atom is 0.264 e. The van der Waals surface area contributed by atoms with Crippen LogP contribution in [0.3, 0.4) is 0 Å². The van der Waals surface area contributed by atoms with E-state index >= 15 is 0 Å². The van der Waals surface area contributed by atoms with E-state index in [1.54, 1.807) is 13.1 Å². The molecule has 1 fully saturated rings. The largest absolute Gasteiger partial charge is 0.336 e. The van der Waals surface area contributed by atoms with Crippen molar-refractivity contribution in [2.24, 2.45) is 0 Å². The van der Waals surface area contributed by atoms with Crippen molar-refractivity contribution in [1.29, 1.82) is 0 Å². The number of thiophene rings is 1. The lowest BCUT2D eigenvalue weighted by atomic mass is 10.2. The molecule has 1 N–H and O–H groups in total. The average Bonchev–Trinajstić information content (AvgIpc) is 2.92. The van der Waals surface area contributed by atoms with Crippen LogP contribution in [0, 0.1) is 0 Å². The molecule has 0 aliphatic carbocycles. The maximum atomic E-state index is 12.2. The number of piperazine rings is 1. The summed E-state index contributed by atoms with van der Waals surface area (Å²) in [5, 5.41) is 5.11. The van der Waals surface area contributed by atoms with E-state index in [2.05, 4.69) is 5.32 Å². The third kappa shape index (κ3) is 3.94. The molecule has 2 rings (SSSR count). The van der Waals surface area contributed by atoms with Gasteiger partial charge < -0.3 is 15.1 Å². The highest BCUT2D eigenvalue weighted by molar-refractivity contribution is 7.12. The van der Waals surface area contributed by atoms with Gasteiger partial charge in [-0.3, -0.25) is 9.59 Å². The van der Waals surface area contributed by atoms with E-state index in [0.29, 0.717) is 11.4 Å². The van der Waals surface area contributed by atoms with Crippen molar-refractivity contribution < 1.29 is 9.59 Å². The molecule has 0 unspecified atom stereocenters. The van der Waals surface area contributed by atoms with Crippen molar-refractivity contribution in [2.45, 2.75) is 13.0 Å². The Labute approximate surface area is 129 Å². The number of carbonyl (C=O) groups is 2. The van der Waals surface area contributed by atoms with Gasteiger partial charge in [-0.05, 0) is 18.4 Å². The van der Waals surface area contributed by atoms with Gasteiger partial charge in [0.05, 0.1) is 11.4 Å². The SMILES string of the molecule is C[C@@H]1CNCCN1C(=O)CN(C)C(=O)c1cccs1.Cl. The van der Waals surface area contributed by atoms with Crippen molar-refractivity contribution in [3.63, 3.8) is 0 Å². The second-order valence-corrected chi connectivity index (χ2v) is 5.73. The fourth-order valence-corrected chi connectivity index (χ4v) is 2.88. The minimum absolute atomic E-state index is 0. The highest BCUT2D eigenvalue weighted by Crippen LogP contribution is 2.11. The van der Waals surface area contributed by atoms with E-state index in [9.17, 15) is 9.59 Å². The molecular formula is C13H20ClN3O2S. The molecule has 7 heteroatoms. The van der Waals surface area contributed by atoms with Gasteiger partial charge in [-0.15, -0.1) is 23.7 Å². The molecule has 1 aliphatic rings. The predicted octanol–water partition coefficient (Wildman–Crippen LogP) is 1.06. The summed E-state index contributed by atoms with van der Waals surface area (Å²) in [5.41, 5.74) is 0. The monoisotopic (exact) mass is 317 g/mol. The molecule has 0 spiro atoms. The second kappa shape index (κ2) is 7.61. The van der Waals surface area contributed by atoms with Crippen molar-refractivity contribution in [3.8, 4) is 0 Å². The minimum Gasteiger partial charge on any atom is -0.336 e. The highest BCUT2D eigenvalue weighted by Gasteiger charge is 2.25. The number of nitrogens with zero attached hydrogens (tertiary/aromatic N) is 2. The molecular weight excluding hydrogens is 298 g/mol. The summed E-state index contributed by atoms with van der Waals surface area (Å²) in [7, 11) is 1.67. The average molecular weight is 318 g/mol. The normalized spacial score (nSPS) is 18.3. The van der Waals surface area contributed by atoms with E-state index in [0.717, 1.165) is 13.1 Å². The lowest BCUT2D eigenvalue weighted by Crippen LogP contribution is -2.54. The Morgan fingerprint density at radius 3 is 2.90 bits per heavy atom. The fourth-order valence-electron chi connectivity index (χ4n) is 2.17. The lowest BCUT2D eigenvalue weighted by molar-refractivity contribution is -0.134. The molecule has 0 bridgehead atoms. The van der Waals surface area contributed by atoms with E-state index in [1.165, 1.54) is 16.2 Å². The molecule has 112 valence electrons. The number of likely N-dealkylation sites (N-methyl/N-ethyl adjacent to an activating group) is 1. The van der Waals surface area contributed by atoms with Crippen LogP contribution >= 0.6 is 23.7 Å². The van der Waals surface area contributed by atoms with Crippen molar-refractivity contribution in [2.75, 3.05) is 33.2 Å². The Morgan fingerprint density at radius 2 is 2.30 bits per heavy atom. The van der Waals surface area contributed by atoms with Crippen LogP contribution in [0.5, 0.6) is 0 Å². The summed E-state index contributed by atoms with van der Waals surface area (Å²) in [4.78, 5) is 28.3. The summed E-state index contributed by atoms with van der Waals surface area (Å²) in [6.45, 7) is 4.50. The third-order valence-corrected chi connectivity index (χ3v) is 4.13. The van der Waals surface area contributed by atoms with Crippen LogP contribution in [0.1, 0.15) is 16.6 Å². The van der Waals surface area contributed by atoms with Crippen LogP contribution in [0.25, 0.3) is 0 Å². The molecule has 0 saturated carbocycles. The van der Waals surface area contributed by atoms with E-state index in [1.807, 2.05) is 23.3 Å². The van der Waals surface area contributed by atoms with E-state index < -0.39 is 0 Å². The number of nitrogens with one attached hydrogen (secondary N) is 1. The van der Waals surface area contributed by atoms with Crippen molar-refractivity contribution in [1.82, 2.24) is 15.1 Å². The Kier molecular flexibility index (Phi) is 6.45. The summed E-state index contributed by atoms with van der Waals surface area (Å²) in [6, 6.07) is 3.80. The number of amides is 2. The second-order valence-electron chi connectivity index (χ2n) is 4.78. The molecule has 1 aromatic heterocycles. The van der Waals surface area contributed by atoms with Gasteiger partial charge in [0.25, 0.3) is 5.91 Å². The van der Waals surface area contributed by atoms with Crippen LogP contribution in [-0.4, -0.2) is 60.9 Å². The molecule has 1 aromatic rings. The Balaban J connectivity index is 0.00000200. The topological polar surface area (TPSA) is 52.7 Å². The first-order valence-electron chi connectivity index (χ1n) is 6.38. The molecule has 0 radical (unpaired) electrons. The van der Waals surface area contributed by atoms with Crippen LogP contribution in [0.15, 0.2) is 17.5 Å². The third-order valence-electron chi connectivity index (χ3n) is 3.27. The molecule has 5 nitrogen and oxygen atoms in total. The predicted molar refractivity (Wildman–Crippen MR) is 82.6 cm³/mol. The summed E-state index contributed by atoms with van der Waals surface area (Å²) >= 11 is 1.40. The first kappa shape index (κ1) is 16.9. The Bertz CT molecular complexity index is 452. The van der Waals surface area contributed by atoms with Gasteiger partial charge in [-0.2, -0.15) is 0 Å². The zero-order valence-corrected chi connectivity index (χ0v) is 13.3. The molecule has 1 saturated heterocycles. The molecule has 2 amide bonds. The van der Waals surface area contributed by atoms with Crippen LogP contribution in [0.4, 0.5) is 0 Å². The minimum atomic E-state index is -0.0915. The van der Waals surface area contributed by atoms with Crippen LogP contribution in [-0.2, 0) is 4.79 Å². The highest BCUT2D eigenvalue weighted by atomic mass is 35.5. The number of rotatable bonds is 3. The molecule has 2 heterocycles. The lowest BCUT2D eigenvalue weighted by Gasteiger charge is -2.35. The fraction of sp³-hybridized carbons (Fsp3) is 0.538. The maximum absolute atomic E-state index is 12.2. The van der Waals surface area contributed by atoms with E-state index in [4.69, 9.17) is 0 Å². The van der Waals surface area contributed by atoms with Crippen molar-refractivity contribution in [3.05, 3.63) is 22.4 Å². The Morgan fingerprint density at radius 1 is 1.55 bits per heavy atom. The van der Waals surface area contributed by atoms with Gasteiger partial charge in [0.15, 0.2) is 0 Å². The quantitative estimate of drug-likeness (QED) is 0.907. The zero-order chi connectivity index (χ0) is 13.8. The molecule has 20 heavy (non-hydrogen) atoms. The zero-order valence-electron chi connectivity index (χ0n) is 11.7. The van der Waals surface area contributed by atoms with Gasteiger partial charge in [0.2, 0.25) is 5.91 Å². The molecule has 0 aromatic carbocycles. The number of hydrogen-bond donors (Lipinski definition) is 1. The summed E-state index contributed by atoms with van der Waals surface area (Å²) in [5.74, 6) is -0.0763. The molecule has 1 aliphatic heterocycles. The van der Waals surface area contributed by atoms with Gasteiger partial charge in [0.1, 0.15) is 0 Å². The smallest absolute Gasteiger partial charge is 0.264 e. The number of halogens is 1. The first-order chi connectivity index (χ1) is 9.09. The van der Waals surface area contributed by atoms with Gasteiger partial charge in [0, 0.05) is 32.7 Å². The van der Waals surface area contributed by atoms with Gasteiger partial charge in [-0.1, -0.05) is 6.07 Å². The number of hydrogen-bond acceptors (Lipinski definition) is 4. The van der Waals surface area contributed by atoms with Crippen LogP contribution in [0.2, 0.25) is 0 Å². The number of carbonyl (C=O) groups excluding carboxylic acids is 2. The van der Waals surface area contributed by atoms with Crippen LogP contribution < -0.4 is 5.32 Å². The summed E-state index contributed by atoms with van der Waals surface area (Å²) in [6.07, 6.45) is 0. The van der Waals surface area contributed by atoms with Gasteiger partial charge in [-0.25, -0.2) is 0 Å². The van der Waals surface area contributed by atoms with Crippen molar-refractivity contribution >= 4 is 35.6 Å². The van der Waals surface area contributed by atoms with Gasteiger partial charge >= 0.3 is 0 Å². The summed E-state index contributed by atoms with van der Waals surface area (Å²) < 4.78 is 0. The first-order valence-corrected chi connectivity index (χ1v) is 7.26. The van der Waals surface area contributed by atoms with E-state index in [-0.39, 0.29) is 36.8 Å². The molecule has 1 atom stereocenters. The Hall–Kier alpha value is -1.11. The standard InChI is InChI=1S/C13H19N3O2S.ClH/c1-10-8-14-5-6-16(10)12(17)9-15(2)13(18)11-4-3-7-19-11;/h3-4,7,10,14H,5-6,8-9H2,1-2H3;1H/t10-;/m1./s1.